The number of anilines is 2. The van der Waals surface area contributed by atoms with E-state index in [4.69, 9.17) is 9.47 Å². The van der Waals surface area contributed by atoms with Gasteiger partial charge in [0.05, 0.1) is 14.2 Å². The first-order chi connectivity index (χ1) is 16.9. The summed E-state index contributed by atoms with van der Waals surface area (Å²) < 4.78 is 40.8. The van der Waals surface area contributed by atoms with E-state index in [1.165, 1.54) is 31.0 Å². The summed E-state index contributed by atoms with van der Waals surface area (Å²) in [5.41, 5.74) is 1.38. The topological polar surface area (TPSA) is 112 Å². The third-order valence-electron chi connectivity index (χ3n) is 5.22. The molecule has 1 heterocycles. The molecule has 0 spiro atoms. The number of amides is 1. The SMILES string of the molecule is COc1ccc(NS(=O)(=O)c2cc(NC(=O)C(c3ccccc3)n3cccn3)ccc2OC)cc1. The highest BCUT2D eigenvalue weighted by molar-refractivity contribution is 7.92. The summed E-state index contributed by atoms with van der Waals surface area (Å²) in [5, 5.41) is 7.03. The van der Waals surface area contributed by atoms with Crippen LogP contribution in [0.2, 0.25) is 0 Å². The van der Waals surface area contributed by atoms with Crippen molar-refractivity contribution in [3.8, 4) is 11.5 Å². The highest BCUT2D eigenvalue weighted by atomic mass is 32.2. The number of benzene rings is 3. The van der Waals surface area contributed by atoms with E-state index in [0.717, 1.165) is 5.56 Å². The number of nitrogens with one attached hydrogen (secondary N) is 2. The lowest BCUT2D eigenvalue weighted by atomic mass is 10.1. The summed E-state index contributed by atoms with van der Waals surface area (Å²) in [6.07, 6.45) is 3.28. The Labute approximate surface area is 203 Å². The van der Waals surface area contributed by atoms with Crippen molar-refractivity contribution in [1.29, 1.82) is 0 Å². The average Bonchev–Trinajstić information content (AvgIpc) is 3.39. The average molecular weight is 493 g/mol. The Balaban J connectivity index is 1.63. The second kappa shape index (κ2) is 10.3. The molecule has 0 fully saturated rings. The van der Waals surface area contributed by atoms with Crippen molar-refractivity contribution in [3.05, 3.63) is 96.8 Å². The van der Waals surface area contributed by atoms with Crippen LogP contribution in [0.15, 0.2) is 96.2 Å². The number of aromatic nitrogens is 2. The number of sulfonamides is 1. The smallest absolute Gasteiger partial charge is 0.265 e. The van der Waals surface area contributed by atoms with Gasteiger partial charge in [-0.3, -0.25) is 14.2 Å². The van der Waals surface area contributed by atoms with Gasteiger partial charge in [-0.25, -0.2) is 8.42 Å². The summed E-state index contributed by atoms with van der Waals surface area (Å²) in [4.78, 5) is 13.2. The standard InChI is InChI=1S/C25H24N4O5S/c1-33-21-12-9-19(10-13-21)28-35(31,32)23-17-20(11-14-22(23)34-2)27-25(30)24(29-16-6-15-26-29)18-7-4-3-5-8-18/h3-17,24,28H,1-2H3,(H,27,30). The van der Waals surface area contributed by atoms with Crippen LogP contribution in [0.4, 0.5) is 11.4 Å². The zero-order valence-corrected chi connectivity index (χ0v) is 19.9. The first-order valence-electron chi connectivity index (χ1n) is 10.6. The minimum Gasteiger partial charge on any atom is -0.497 e. The van der Waals surface area contributed by atoms with Gasteiger partial charge in [0.2, 0.25) is 0 Å². The second-order valence-electron chi connectivity index (χ2n) is 7.49. The van der Waals surface area contributed by atoms with Gasteiger partial charge in [-0.2, -0.15) is 5.10 Å². The molecule has 1 aromatic heterocycles. The van der Waals surface area contributed by atoms with Crippen molar-refractivity contribution < 1.29 is 22.7 Å². The van der Waals surface area contributed by atoms with E-state index in [2.05, 4.69) is 15.1 Å². The van der Waals surface area contributed by atoms with Crippen LogP contribution in [-0.4, -0.2) is 38.3 Å². The van der Waals surface area contributed by atoms with Gasteiger partial charge >= 0.3 is 0 Å². The van der Waals surface area contributed by atoms with Gasteiger partial charge in [-0.1, -0.05) is 30.3 Å². The Kier molecular flexibility index (Phi) is 7.02. The molecule has 35 heavy (non-hydrogen) atoms. The van der Waals surface area contributed by atoms with E-state index in [1.54, 1.807) is 48.8 Å². The number of ether oxygens (including phenoxy) is 2. The number of hydrogen-bond acceptors (Lipinski definition) is 6. The maximum absolute atomic E-state index is 13.3. The first-order valence-corrected chi connectivity index (χ1v) is 12.1. The van der Waals surface area contributed by atoms with Gasteiger partial charge in [0.1, 0.15) is 16.4 Å². The van der Waals surface area contributed by atoms with Crippen molar-refractivity contribution >= 4 is 27.3 Å². The number of methoxy groups -OCH3 is 2. The Bertz CT molecular complexity index is 1390. The van der Waals surface area contributed by atoms with Gasteiger partial charge in [0.25, 0.3) is 15.9 Å². The van der Waals surface area contributed by atoms with Gasteiger partial charge in [0.15, 0.2) is 6.04 Å². The van der Waals surface area contributed by atoms with E-state index >= 15 is 0 Å². The highest BCUT2D eigenvalue weighted by Gasteiger charge is 2.25. The predicted molar refractivity (Wildman–Crippen MR) is 132 cm³/mol. The molecule has 0 radical (unpaired) electrons. The molecule has 3 aromatic carbocycles. The zero-order valence-electron chi connectivity index (χ0n) is 19.1. The molecule has 0 aliphatic rings. The van der Waals surface area contributed by atoms with E-state index in [1.807, 2.05) is 30.3 Å². The molecule has 1 unspecified atom stereocenters. The molecule has 2 N–H and O–H groups in total. The van der Waals surface area contributed by atoms with Crippen LogP contribution < -0.4 is 19.5 Å². The fourth-order valence-electron chi connectivity index (χ4n) is 3.54. The van der Waals surface area contributed by atoms with Crippen LogP contribution >= 0.6 is 0 Å². The Hall–Kier alpha value is -4.31. The Morgan fingerprint density at radius 3 is 2.26 bits per heavy atom. The molecule has 4 aromatic rings. The summed E-state index contributed by atoms with van der Waals surface area (Å²) in [6.45, 7) is 0. The van der Waals surface area contributed by atoms with Gasteiger partial charge in [0, 0.05) is 23.8 Å². The largest absolute Gasteiger partial charge is 0.497 e. The lowest BCUT2D eigenvalue weighted by Gasteiger charge is -2.19. The van der Waals surface area contributed by atoms with E-state index in [-0.39, 0.29) is 16.6 Å². The number of carbonyl (C=O) groups excluding carboxylic acids is 1. The molecule has 4 rings (SSSR count). The van der Waals surface area contributed by atoms with Gasteiger partial charge in [-0.15, -0.1) is 0 Å². The predicted octanol–water partition coefficient (Wildman–Crippen LogP) is 3.93. The maximum Gasteiger partial charge on any atom is 0.265 e. The second-order valence-corrected chi connectivity index (χ2v) is 9.14. The minimum atomic E-state index is -4.03. The molecule has 180 valence electrons. The van der Waals surface area contributed by atoms with E-state index in [0.29, 0.717) is 17.1 Å². The molecular formula is C25H24N4O5S. The molecule has 0 saturated carbocycles. The van der Waals surface area contributed by atoms with Crippen LogP contribution in [0.3, 0.4) is 0 Å². The van der Waals surface area contributed by atoms with Crippen molar-refractivity contribution in [1.82, 2.24) is 9.78 Å². The van der Waals surface area contributed by atoms with Gasteiger partial charge in [-0.05, 0) is 54.1 Å². The quantitative estimate of drug-likeness (QED) is 0.366. The lowest BCUT2D eigenvalue weighted by Crippen LogP contribution is -2.27. The van der Waals surface area contributed by atoms with Crippen molar-refractivity contribution in [2.24, 2.45) is 0 Å². The van der Waals surface area contributed by atoms with Crippen molar-refractivity contribution in [2.45, 2.75) is 10.9 Å². The van der Waals surface area contributed by atoms with Crippen molar-refractivity contribution in [3.63, 3.8) is 0 Å². The van der Waals surface area contributed by atoms with Gasteiger partial charge < -0.3 is 14.8 Å². The third kappa shape index (κ3) is 5.44. The molecule has 0 aliphatic heterocycles. The monoisotopic (exact) mass is 492 g/mol. The Morgan fingerprint density at radius 2 is 1.63 bits per heavy atom. The number of nitrogens with zero attached hydrogens (tertiary/aromatic N) is 2. The molecular weight excluding hydrogens is 468 g/mol. The lowest BCUT2D eigenvalue weighted by molar-refractivity contribution is -0.118. The van der Waals surface area contributed by atoms with Crippen molar-refractivity contribution in [2.75, 3.05) is 24.3 Å². The fraction of sp³-hybridized carbons (Fsp3) is 0.120. The van der Waals surface area contributed by atoms with E-state index in [9.17, 15) is 13.2 Å². The zero-order chi connectivity index (χ0) is 24.8. The maximum atomic E-state index is 13.3. The molecule has 0 bridgehead atoms. The fourth-order valence-corrected chi connectivity index (χ4v) is 4.79. The van der Waals surface area contributed by atoms with Crippen LogP contribution in [0.5, 0.6) is 11.5 Å². The Morgan fingerprint density at radius 1 is 0.914 bits per heavy atom. The molecule has 0 saturated heterocycles. The summed E-state index contributed by atoms with van der Waals surface area (Å²) >= 11 is 0. The van der Waals surface area contributed by atoms with Crippen LogP contribution in [0.25, 0.3) is 0 Å². The molecule has 1 amide bonds. The van der Waals surface area contributed by atoms with Crippen LogP contribution in [0, 0.1) is 0 Å². The normalized spacial score (nSPS) is 11.9. The minimum absolute atomic E-state index is 0.121. The van der Waals surface area contributed by atoms with Crippen LogP contribution in [-0.2, 0) is 14.8 Å². The molecule has 10 heteroatoms. The first kappa shape index (κ1) is 23.8. The summed E-state index contributed by atoms with van der Waals surface area (Å²) in [6, 6.07) is 21.1. The summed E-state index contributed by atoms with van der Waals surface area (Å²) in [7, 11) is -1.13. The number of carbonyl (C=O) groups is 1. The van der Waals surface area contributed by atoms with Crippen LogP contribution in [0.1, 0.15) is 11.6 Å². The third-order valence-corrected chi connectivity index (χ3v) is 6.62. The molecule has 0 aliphatic carbocycles. The molecule has 9 nitrogen and oxygen atoms in total. The highest BCUT2D eigenvalue weighted by Crippen LogP contribution is 2.30. The number of hydrogen-bond donors (Lipinski definition) is 2. The summed E-state index contributed by atoms with van der Waals surface area (Å²) in [5.74, 6) is 0.354. The van der Waals surface area contributed by atoms with E-state index < -0.39 is 16.1 Å². The number of rotatable bonds is 9. The molecule has 1 atom stereocenters.